The number of thioether (sulfide) groups is 3. The molecule has 0 amide bonds. The minimum absolute atomic E-state index is 0.295. The number of unbranched alkanes of at least 4 members (excludes halogenated alkanes) is 3. The van der Waals surface area contributed by atoms with Gasteiger partial charge < -0.3 is 14.2 Å². The van der Waals surface area contributed by atoms with Gasteiger partial charge in [0, 0.05) is 0 Å². The van der Waals surface area contributed by atoms with Crippen molar-refractivity contribution in [3.8, 4) is 18.0 Å². The average Bonchev–Trinajstić information content (AvgIpc) is 2.82. The second-order valence-corrected chi connectivity index (χ2v) is 11.4. The lowest BCUT2D eigenvalue weighted by molar-refractivity contribution is 0.236. The summed E-state index contributed by atoms with van der Waals surface area (Å²) in [5.41, 5.74) is 0. The summed E-state index contributed by atoms with van der Waals surface area (Å²) in [7, 11) is 0. The molecule has 33 heavy (non-hydrogen) atoms. The molecule has 0 fully saturated rings. The zero-order valence-electron chi connectivity index (χ0n) is 21.0. The normalized spacial score (nSPS) is 11.0. The van der Waals surface area contributed by atoms with Crippen LogP contribution in [0.25, 0.3) is 0 Å². The molecule has 0 radical (unpaired) electrons. The topological polar surface area (TPSA) is 66.4 Å². The molecule has 0 N–H and O–H groups in total. The maximum absolute atomic E-state index is 5.79. The van der Waals surface area contributed by atoms with Crippen LogP contribution in [0.5, 0.6) is 18.0 Å². The predicted octanol–water partition coefficient (Wildman–Crippen LogP) is 6.78. The predicted molar refractivity (Wildman–Crippen MR) is 147 cm³/mol. The Morgan fingerprint density at radius 3 is 1.00 bits per heavy atom. The first-order valence-corrected chi connectivity index (χ1v) is 16.1. The van der Waals surface area contributed by atoms with Crippen molar-refractivity contribution in [1.82, 2.24) is 15.0 Å². The highest BCUT2D eigenvalue weighted by Crippen LogP contribution is 2.17. The van der Waals surface area contributed by atoms with Crippen molar-refractivity contribution in [2.75, 3.05) is 54.3 Å². The second kappa shape index (κ2) is 23.2. The number of ether oxygens (including phenoxy) is 3. The lowest BCUT2D eigenvalue weighted by Gasteiger charge is -2.10. The van der Waals surface area contributed by atoms with E-state index in [2.05, 4.69) is 35.7 Å². The molecule has 1 aromatic heterocycles. The maximum Gasteiger partial charge on any atom is 0.325 e. The van der Waals surface area contributed by atoms with Crippen molar-refractivity contribution in [1.29, 1.82) is 0 Å². The van der Waals surface area contributed by atoms with E-state index < -0.39 is 0 Å². The van der Waals surface area contributed by atoms with Crippen molar-refractivity contribution < 1.29 is 14.2 Å². The lowest BCUT2D eigenvalue weighted by atomic mass is 10.4. The van der Waals surface area contributed by atoms with Crippen molar-refractivity contribution in [2.45, 2.75) is 78.6 Å². The minimum atomic E-state index is 0.295. The van der Waals surface area contributed by atoms with E-state index in [1.54, 1.807) is 0 Å². The fraction of sp³-hybridized carbons (Fsp3) is 0.875. The number of aromatic nitrogens is 3. The van der Waals surface area contributed by atoms with Crippen LogP contribution in [0.2, 0.25) is 0 Å². The largest absolute Gasteiger partial charge is 0.463 e. The van der Waals surface area contributed by atoms with E-state index in [4.69, 9.17) is 14.2 Å². The molecule has 0 spiro atoms. The van der Waals surface area contributed by atoms with Crippen LogP contribution < -0.4 is 14.2 Å². The van der Waals surface area contributed by atoms with E-state index in [0.717, 1.165) is 36.5 Å². The van der Waals surface area contributed by atoms with E-state index in [0.29, 0.717) is 37.9 Å². The van der Waals surface area contributed by atoms with E-state index in [9.17, 15) is 0 Å². The monoisotopic (exact) mass is 519 g/mol. The maximum atomic E-state index is 5.79. The molecule has 1 aromatic rings. The van der Waals surface area contributed by atoms with Gasteiger partial charge in [0.05, 0.1) is 19.8 Å². The van der Waals surface area contributed by atoms with E-state index >= 15 is 0 Å². The molecule has 6 nitrogen and oxygen atoms in total. The van der Waals surface area contributed by atoms with Crippen LogP contribution in [-0.4, -0.2) is 69.3 Å². The second-order valence-electron chi connectivity index (χ2n) is 7.69. The Morgan fingerprint density at radius 2 is 0.727 bits per heavy atom. The van der Waals surface area contributed by atoms with Gasteiger partial charge in [-0.1, -0.05) is 40.0 Å². The Kier molecular flexibility index (Phi) is 21.4. The molecule has 1 rings (SSSR count). The summed E-state index contributed by atoms with van der Waals surface area (Å²) in [6.07, 6.45) is 10.5. The SMILES string of the molecule is CCCCSCCCOc1nc(OCCCSCCCC)nc(OCCCSCCCC)n1. The van der Waals surface area contributed by atoms with Gasteiger partial charge in [-0.25, -0.2) is 0 Å². The number of hydrogen-bond donors (Lipinski definition) is 0. The molecular formula is C24H45N3O3S3. The van der Waals surface area contributed by atoms with Crippen molar-refractivity contribution >= 4 is 35.3 Å². The van der Waals surface area contributed by atoms with Gasteiger partial charge in [-0.05, 0) is 73.0 Å². The number of nitrogens with zero attached hydrogens (tertiary/aromatic N) is 3. The smallest absolute Gasteiger partial charge is 0.325 e. The third-order valence-corrected chi connectivity index (χ3v) is 7.96. The summed E-state index contributed by atoms with van der Waals surface area (Å²) in [4.78, 5) is 13.0. The molecule has 9 heteroatoms. The van der Waals surface area contributed by atoms with Gasteiger partial charge in [-0.2, -0.15) is 35.3 Å². The van der Waals surface area contributed by atoms with Gasteiger partial charge in [0.2, 0.25) is 0 Å². The lowest BCUT2D eigenvalue weighted by Crippen LogP contribution is -2.10. The van der Waals surface area contributed by atoms with E-state index in [1.807, 2.05) is 35.3 Å². The highest BCUT2D eigenvalue weighted by Gasteiger charge is 2.10. The van der Waals surface area contributed by atoms with Crippen LogP contribution in [0.1, 0.15) is 78.6 Å². The van der Waals surface area contributed by atoms with Crippen LogP contribution >= 0.6 is 35.3 Å². The zero-order chi connectivity index (χ0) is 23.8. The summed E-state index contributed by atoms with van der Waals surface area (Å²) in [6, 6.07) is 0.884. The molecule has 0 atom stereocenters. The summed E-state index contributed by atoms with van der Waals surface area (Å²) in [5.74, 6) is 6.90. The van der Waals surface area contributed by atoms with Gasteiger partial charge >= 0.3 is 18.0 Å². The molecule has 0 saturated carbocycles. The van der Waals surface area contributed by atoms with Crippen molar-refractivity contribution in [2.24, 2.45) is 0 Å². The molecular weight excluding hydrogens is 474 g/mol. The molecule has 0 aromatic carbocycles. The Balaban J connectivity index is 2.44. The standard InChI is InChI=1S/C24H45N3O3S3/c1-4-7-16-31-19-10-13-28-22-25-23(29-14-11-20-32-17-8-5-2)27-24(26-22)30-15-12-21-33-18-9-6-3/h4-21H2,1-3H3. The summed E-state index contributed by atoms with van der Waals surface area (Å²) in [5, 5.41) is 0. The van der Waals surface area contributed by atoms with Gasteiger partial charge in [0.15, 0.2) is 0 Å². The van der Waals surface area contributed by atoms with Gasteiger partial charge in [0.25, 0.3) is 0 Å². The Hall–Kier alpha value is -0.540. The van der Waals surface area contributed by atoms with Crippen molar-refractivity contribution in [3.05, 3.63) is 0 Å². The van der Waals surface area contributed by atoms with Gasteiger partial charge in [0.1, 0.15) is 0 Å². The first-order valence-electron chi connectivity index (χ1n) is 12.7. The van der Waals surface area contributed by atoms with Crippen LogP contribution in [0.15, 0.2) is 0 Å². The number of hydrogen-bond acceptors (Lipinski definition) is 9. The number of rotatable bonds is 24. The highest BCUT2D eigenvalue weighted by atomic mass is 32.2. The molecule has 192 valence electrons. The molecule has 0 bridgehead atoms. The third kappa shape index (κ3) is 18.5. The zero-order valence-corrected chi connectivity index (χ0v) is 23.5. The van der Waals surface area contributed by atoms with Crippen molar-refractivity contribution in [3.63, 3.8) is 0 Å². The van der Waals surface area contributed by atoms with E-state index in [1.165, 1.54) is 55.8 Å². The quantitative estimate of drug-likeness (QED) is 0.137. The van der Waals surface area contributed by atoms with Crippen LogP contribution in [-0.2, 0) is 0 Å². The molecule has 0 unspecified atom stereocenters. The minimum Gasteiger partial charge on any atom is -0.463 e. The summed E-state index contributed by atoms with van der Waals surface area (Å²) >= 11 is 5.92. The molecule has 1 heterocycles. The fourth-order valence-corrected chi connectivity index (χ4v) is 5.59. The molecule has 0 aliphatic heterocycles. The Morgan fingerprint density at radius 1 is 0.455 bits per heavy atom. The van der Waals surface area contributed by atoms with Gasteiger partial charge in [-0.3, -0.25) is 0 Å². The molecule has 0 aliphatic carbocycles. The van der Waals surface area contributed by atoms with Crippen LogP contribution in [0, 0.1) is 0 Å². The van der Waals surface area contributed by atoms with Gasteiger partial charge in [-0.15, -0.1) is 15.0 Å². The first kappa shape index (κ1) is 30.5. The van der Waals surface area contributed by atoms with Crippen LogP contribution in [0.3, 0.4) is 0 Å². The molecule has 0 saturated heterocycles. The Bertz CT molecular complexity index is 482. The summed E-state index contributed by atoms with van der Waals surface area (Å²) < 4.78 is 17.4. The molecule has 0 aliphatic rings. The van der Waals surface area contributed by atoms with Crippen LogP contribution in [0.4, 0.5) is 0 Å². The Labute approximate surface area is 214 Å². The fourth-order valence-electron chi connectivity index (χ4n) is 2.53. The highest BCUT2D eigenvalue weighted by molar-refractivity contribution is 7.99. The summed E-state index contributed by atoms with van der Waals surface area (Å²) in [6.45, 7) is 8.43. The third-order valence-electron chi connectivity index (χ3n) is 4.49. The first-order chi connectivity index (χ1) is 16.3. The average molecular weight is 520 g/mol. The van der Waals surface area contributed by atoms with E-state index in [-0.39, 0.29) is 0 Å².